The van der Waals surface area contributed by atoms with Crippen LogP contribution < -0.4 is 0 Å². The first-order chi connectivity index (χ1) is 8.08. The quantitative estimate of drug-likeness (QED) is 0.810. The summed E-state index contributed by atoms with van der Waals surface area (Å²) in [5.74, 6) is 1.27. The molecular weight excluding hydrogens is 232 g/mol. The zero-order valence-electron chi connectivity index (χ0n) is 10.8. The lowest BCUT2D eigenvalue weighted by Gasteiger charge is -2.30. The molecule has 2 heterocycles. The van der Waals surface area contributed by atoms with Gasteiger partial charge >= 0.3 is 0 Å². The Kier molecular flexibility index (Phi) is 3.82. The topological polar surface area (TPSA) is 33.2 Å². The van der Waals surface area contributed by atoms with Crippen molar-refractivity contribution in [2.75, 3.05) is 13.1 Å². The molecule has 3 nitrogen and oxygen atoms in total. The second kappa shape index (κ2) is 5.17. The van der Waals surface area contributed by atoms with Crippen LogP contribution in [0.2, 0.25) is 0 Å². The fourth-order valence-corrected chi connectivity index (χ4v) is 3.35. The zero-order valence-corrected chi connectivity index (χ0v) is 11.6. The van der Waals surface area contributed by atoms with Crippen molar-refractivity contribution < 1.29 is 4.79 Å². The summed E-state index contributed by atoms with van der Waals surface area (Å²) >= 11 is 1.78. The van der Waals surface area contributed by atoms with Crippen LogP contribution in [-0.4, -0.2) is 28.9 Å². The van der Waals surface area contributed by atoms with Crippen LogP contribution in [0.5, 0.6) is 0 Å². The summed E-state index contributed by atoms with van der Waals surface area (Å²) < 4.78 is 0. The third-order valence-corrected chi connectivity index (χ3v) is 4.45. The molecule has 2 rings (SSSR count). The minimum Gasteiger partial charge on any atom is -0.343 e. The number of carbonyl (C=O) groups excluding carboxylic acids is 1. The summed E-state index contributed by atoms with van der Waals surface area (Å²) in [6.45, 7) is 7.78. The van der Waals surface area contributed by atoms with Crippen LogP contribution in [0.15, 0.2) is 5.38 Å². The van der Waals surface area contributed by atoms with Crippen LogP contribution in [0.3, 0.4) is 0 Å². The number of nitrogens with zero attached hydrogens (tertiary/aromatic N) is 2. The highest BCUT2D eigenvalue weighted by Crippen LogP contribution is 2.31. The maximum Gasteiger partial charge on any atom is 0.219 e. The van der Waals surface area contributed by atoms with Crippen molar-refractivity contribution in [3.05, 3.63) is 16.1 Å². The molecule has 0 bridgehead atoms. The van der Waals surface area contributed by atoms with Gasteiger partial charge in [0, 0.05) is 31.3 Å². The second-order valence-corrected chi connectivity index (χ2v) is 5.94. The average Bonchev–Trinajstić information content (AvgIpc) is 2.78. The molecule has 0 unspecified atom stereocenters. The highest BCUT2D eigenvalue weighted by molar-refractivity contribution is 7.09. The number of carbonyl (C=O) groups is 1. The molecule has 94 valence electrons. The van der Waals surface area contributed by atoms with E-state index in [4.69, 9.17) is 4.98 Å². The van der Waals surface area contributed by atoms with Gasteiger partial charge in [0.2, 0.25) is 5.91 Å². The van der Waals surface area contributed by atoms with E-state index in [2.05, 4.69) is 19.2 Å². The first-order valence-corrected chi connectivity index (χ1v) is 7.16. The van der Waals surface area contributed by atoms with Crippen molar-refractivity contribution in [2.45, 2.75) is 45.4 Å². The maximum atomic E-state index is 11.2. The van der Waals surface area contributed by atoms with Gasteiger partial charge in [0.1, 0.15) is 0 Å². The Morgan fingerprint density at radius 3 is 2.59 bits per heavy atom. The maximum absolute atomic E-state index is 11.2. The molecule has 1 amide bonds. The van der Waals surface area contributed by atoms with Crippen LogP contribution in [0.1, 0.15) is 56.2 Å². The number of piperidine rings is 1. The molecule has 0 atom stereocenters. The van der Waals surface area contributed by atoms with E-state index in [0.717, 1.165) is 25.9 Å². The smallest absolute Gasteiger partial charge is 0.219 e. The Morgan fingerprint density at radius 1 is 1.47 bits per heavy atom. The Balaban J connectivity index is 1.98. The van der Waals surface area contributed by atoms with E-state index in [1.807, 2.05) is 4.90 Å². The summed E-state index contributed by atoms with van der Waals surface area (Å²) in [6.07, 6.45) is 2.12. The van der Waals surface area contributed by atoms with Crippen LogP contribution in [0.25, 0.3) is 0 Å². The van der Waals surface area contributed by atoms with Crippen LogP contribution in [-0.2, 0) is 4.79 Å². The van der Waals surface area contributed by atoms with E-state index in [0.29, 0.717) is 11.8 Å². The molecule has 4 heteroatoms. The summed E-state index contributed by atoms with van der Waals surface area (Å²) in [5.41, 5.74) is 1.21. The van der Waals surface area contributed by atoms with Crippen LogP contribution >= 0.6 is 11.3 Å². The van der Waals surface area contributed by atoms with E-state index < -0.39 is 0 Å². The van der Waals surface area contributed by atoms with Gasteiger partial charge in [0.05, 0.1) is 10.7 Å². The van der Waals surface area contributed by atoms with E-state index in [1.54, 1.807) is 18.3 Å². The van der Waals surface area contributed by atoms with Gasteiger partial charge in [-0.05, 0) is 18.8 Å². The molecule has 0 aliphatic carbocycles. The molecule has 1 saturated heterocycles. The number of aromatic nitrogens is 1. The molecule has 0 aromatic carbocycles. The third-order valence-electron chi connectivity index (χ3n) is 3.42. The lowest BCUT2D eigenvalue weighted by Crippen LogP contribution is -2.36. The van der Waals surface area contributed by atoms with Crippen molar-refractivity contribution in [3.63, 3.8) is 0 Å². The minimum absolute atomic E-state index is 0.199. The Bertz CT molecular complexity index is 392. The van der Waals surface area contributed by atoms with Crippen molar-refractivity contribution in [1.82, 2.24) is 9.88 Å². The number of likely N-dealkylation sites (tertiary alicyclic amines) is 1. The summed E-state index contributed by atoms with van der Waals surface area (Å²) in [4.78, 5) is 17.9. The Labute approximate surface area is 107 Å². The molecule has 1 aliphatic rings. The lowest BCUT2D eigenvalue weighted by molar-refractivity contribution is -0.129. The predicted molar refractivity (Wildman–Crippen MR) is 70.4 cm³/mol. The highest BCUT2D eigenvalue weighted by atomic mass is 32.1. The van der Waals surface area contributed by atoms with E-state index >= 15 is 0 Å². The van der Waals surface area contributed by atoms with E-state index in [-0.39, 0.29) is 5.91 Å². The largest absolute Gasteiger partial charge is 0.343 e. The SMILES string of the molecule is CC(=O)N1CCC(c2nc(C(C)C)cs2)CC1. The van der Waals surface area contributed by atoms with Crippen molar-refractivity contribution >= 4 is 17.2 Å². The molecule has 1 aliphatic heterocycles. The molecule has 1 aromatic heterocycles. The standard InChI is InChI=1S/C13H20N2OS/c1-9(2)12-8-17-13(14-12)11-4-6-15(7-5-11)10(3)16/h8-9,11H,4-7H2,1-3H3. The zero-order chi connectivity index (χ0) is 12.4. The van der Waals surface area contributed by atoms with Gasteiger partial charge in [0.25, 0.3) is 0 Å². The van der Waals surface area contributed by atoms with E-state index in [1.165, 1.54) is 10.7 Å². The van der Waals surface area contributed by atoms with Crippen molar-refractivity contribution in [1.29, 1.82) is 0 Å². The summed E-state index contributed by atoms with van der Waals surface area (Å²) in [6, 6.07) is 0. The monoisotopic (exact) mass is 252 g/mol. The van der Waals surface area contributed by atoms with Gasteiger partial charge in [-0.2, -0.15) is 0 Å². The second-order valence-electron chi connectivity index (χ2n) is 5.05. The predicted octanol–water partition coefficient (Wildman–Crippen LogP) is 2.99. The van der Waals surface area contributed by atoms with Gasteiger partial charge in [-0.3, -0.25) is 4.79 Å². The average molecular weight is 252 g/mol. The van der Waals surface area contributed by atoms with Crippen molar-refractivity contribution in [3.8, 4) is 0 Å². The normalized spacial score (nSPS) is 17.8. The van der Waals surface area contributed by atoms with Gasteiger partial charge in [-0.25, -0.2) is 4.98 Å². The molecule has 1 fully saturated rings. The van der Waals surface area contributed by atoms with Gasteiger partial charge in [0.15, 0.2) is 0 Å². The van der Waals surface area contributed by atoms with Crippen LogP contribution in [0.4, 0.5) is 0 Å². The van der Waals surface area contributed by atoms with Crippen molar-refractivity contribution in [2.24, 2.45) is 0 Å². The number of hydrogen-bond donors (Lipinski definition) is 0. The molecule has 0 saturated carbocycles. The first-order valence-electron chi connectivity index (χ1n) is 6.28. The number of thiazole rings is 1. The fraction of sp³-hybridized carbons (Fsp3) is 0.692. The first kappa shape index (κ1) is 12.6. The molecule has 1 aromatic rings. The molecule has 0 radical (unpaired) electrons. The fourth-order valence-electron chi connectivity index (χ4n) is 2.19. The molecule has 0 spiro atoms. The molecule has 17 heavy (non-hydrogen) atoms. The minimum atomic E-state index is 0.199. The molecular formula is C13H20N2OS. The van der Waals surface area contributed by atoms with Crippen LogP contribution in [0, 0.1) is 0 Å². The van der Waals surface area contributed by atoms with Gasteiger partial charge < -0.3 is 4.90 Å². The lowest BCUT2D eigenvalue weighted by atomic mass is 9.97. The van der Waals surface area contributed by atoms with Gasteiger partial charge in [-0.1, -0.05) is 13.8 Å². The highest BCUT2D eigenvalue weighted by Gasteiger charge is 2.24. The molecule has 0 N–H and O–H groups in total. The summed E-state index contributed by atoms with van der Waals surface area (Å²) in [5, 5.41) is 3.44. The van der Waals surface area contributed by atoms with E-state index in [9.17, 15) is 4.79 Å². The number of hydrogen-bond acceptors (Lipinski definition) is 3. The third kappa shape index (κ3) is 2.86. The number of amides is 1. The van der Waals surface area contributed by atoms with Gasteiger partial charge in [-0.15, -0.1) is 11.3 Å². The number of rotatable bonds is 2. The summed E-state index contributed by atoms with van der Waals surface area (Å²) in [7, 11) is 0. The Morgan fingerprint density at radius 2 is 2.12 bits per heavy atom. The Hall–Kier alpha value is -0.900.